The highest BCUT2D eigenvalue weighted by Gasteiger charge is 2.65. The van der Waals surface area contributed by atoms with Gasteiger partial charge < -0.3 is 4.74 Å². The molecule has 0 heterocycles. The fourth-order valence-electron chi connectivity index (χ4n) is 8.13. The van der Waals surface area contributed by atoms with Crippen LogP contribution in [0.15, 0.2) is 11.6 Å². The molecular formula is C26H36O3. The van der Waals surface area contributed by atoms with Crippen LogP contribution in [0.25, 0.3) is 0 Å². The van der Waals surface area contributed by atoms with Gasteiger partial charge in [-0.25, -0.2) is 0 Å². The number of ketones is 1. The zero-order valence-electron chi connectivity index (χ0n) is 18.3. The molecule has 29 heavy (non-hydrogen) atoms. The molecule has 3 heteroatoms. The highest BCUT2D eigenvalue weighted by molar-refractivity contribution is 5.91. The predicted molar refractivity (Wildman–Crippen MR) is 114 cm³/mol. The van der Waals surface area contributed by atoms with Gasteiger partial charge in [-0.05, 0) is 93.5 Å². The number of ether oxygens (including phenoxy) is 1. The van der Waals surface area contributed by atoms with Crippen molar-refractivity contribution < 1.29 is 14.3 Å². The van der Waals surface area contributed by atoms with Crippen LogP contribution in [-0.4, -0.2) is 18.4 Å². The maximum absolute atomic E-state index is 12.9. The molecule has 0 radical (unpaired) electrons. The highest BCUT2D eigenvalue weighted by Crippen LogP contribution is 2.70. The smallest absolute Gasteiger partial charge is 0.310 e. The third-order valence-electron chi connectivity index (χ3n) is 9.39. The summed E-state index contributed by atoms with van der Waals surface area (Å²) in [6.07, 6.45) is 17.3. The van der Waals surface area contributed by atoms with E-state index in [4.69, 9.17) is 11.2 Å². The summed E-state index contributed by atoms with van der Waals surface area (Å²) < 4.78 is 5.47. The monoisotopic (exact) mass is 396 g/mol. The second-order valence-electron chi connectivity index (χ2n) is 10.1. The van der Waals surface area contributed by atoms with Gasteiger partial charge in [-0.15, -0.1) is 6.42 Å². The number of fused-ring (bicyclic) bond motifs is 5. The number of terminal acetylenes is 1. The van der Waals surface area contributed by atoms with Crippen molar-refractivity contribution in [2.24, 2.45) is 40.4 Å². The summed E-state index contributed by atoms with van der Waals surface area (Å²) in [7, 11) is 0. The van der Waals surface area contributed by atoms with Gasteiger partial charge in [-0.2, -0.15) is 0 Å². The second-order valence-corrected chi connectivity index (χ2v) is 10.1. The molecule has 0 aromatic carbocycles. The number of rotatable bonds is 4. The summed E-state index contributed by atoms with van der Waals surface area (Å²) in [6.45, 7) is 6.76. The Kier molecular flexibility index (Phi) is 5.43. The topological polar surface area (TPSA) is 43.4 Å². The molecule has 158 valence electrons. The van der Waals surface area contributed by atoms with Crippen LogP contribution in [0.2, 0.25) is 0 Å². The standard InChI is InChI=1S/C26H36O3/c1-5-22(24(28)29-7-3)26(6-2)15-13-23-21-10-8-17-16-18(27)9-11-19(17)20(21)12-14-25(23,26)4/h2,16,19-23H,5,7-15H2,1,3-4H3/t19?,20?,21?,22?,23?,25-,26-/m0/s1. The van der Waals surface area contributed by atoms with Crippen molar-refractivity contribution in [2.75, 3.05) is 6.61 Å². The van der Waals surface area contributed by atoms with E-state index >= 15 is 0 Å². The Balaban J connectivity index is 1.65. The van der Waals surface area contributed by atoms with E-state index in [2.05, 4.69) is 19.8 Å². The molecule has 0 N–H and O–H groups in total. The molecule has 4 aliphatic carbocycles. The summed E-state index contributed by atoms with van der Waals surface area (Å²) in [5.41, 5.74) is 1.04. The van der Waals surface area contributed by atoms with E-state index in [9.17, 15) is 9.59 Å². The third-order valence-corrected chi connectivity index (χ3v) is 9.39. The van der Waals surface area contributed by atoms with Crippen LogP contribution in [0.4, 0.5) is 0 Å². The molecule has 3 fully saturated rings. The average Bonchev–Trinajstić information content (AvgIpc) is 3.01. The molecule has 0 bridgehead atoms. The van der Waals surface area contributed by atoms with Gasteiger partial charge in [0.25, 0.3) is 0 Å². The van der Waals surface area contributed by atoms with Crippen LogP contribution in [0.3, 0.4) is 0 Å². The average molecular weight is 397 g/mol. The van der Waals surface area contributed by atoms with Gasteiger partial charge in [-0.3, -0.25) is 9.59 Å². The van der Waals surface area contributed by atoms with Crippen LogP contribution in [0, 0.1) is 52.8 Å². The molecular weight excluding hydrogens is 360 g/mol. The number of carbonyl (C=O) groups is 2. The lowest BCUT2D eigenvalue weighted by atomic mass is 9.47. The Morgan fingerprint density at radius 2 is 2.00 bits per heavy atom. The first kappa shape index (κ1) is 20.7. The molecule has 4 aliphatic rings. The van der Waals surface area contributed by atoms with E-state index in [-0.39, 0.29) is 22.7 Å². The third kappa shape index (κ3) is 2.93. The highest BCUT2D eigenvalue weighted by atomic mass is 16.5. The molecule has 0 aromatic rings. The quantitative estimate of drug-likeness (QED) is 0.476. The Morgan fingerprint density at radius 1 is 1.21 bits per heavy atom. The lowest BCUT2D eigenvalue weighted by Crippen LogP contribution is -2.52. The lowest BCUT2D eigenvalue weighted by molar-refractivity contribution is -0.157. The Hall–Kier alpha value is -1.56. The van der Waals surface area contributed by atoms with Crippen molar-refractivity contribution in [2.45, 2.75) is 78.6 Å². The zero-order chi connectivity index (χ0) is 20.8. The maximum atomic E-state index is 12.9. The summed E-state index contributed by atoms with van der Waals surface area (Å²) in [5.74, 6) is 5.78. The Bertz CT molecular complexity index is 758. The molecule has 3 saturated carbocycles. The van der Waals surface area contributed by atoms with Gasteiger partial charge >= 0.3 is 5.97 Å². The minimum absolute atomic E-state index is 0.00204. The van der Waals surface area contributed by atoms with Gasteiger partial charge in [0.15, 0.2) is 5.78 Å². The maximum Gasteiger partial charge on any atom is 0.310 e. The van der Waals surface area contributed by atoms with Gasteiger partial charge in [-0.1, -0.05) is 25.3 Å². The summed E-state index contributed by atoms with van der Waals surface area (Å²) in [4.78, 5) is 24.8. The second kappa shape index (κ2) is 7.60. The van der Waals surface area contributed by atoms with Crippen LogP contribution >= 0.6 is 0 Å². The van der Waals surface area contributed by atoms with Gasteiger partial charge in [0.1, 0.15) is 0 Å². The van der Waals surface area contributed by atoms with E-state index in [0.29, 0.717) is 42.5 Å². The number of allylic oxidation sites excluding steroid dienone is 1. The fraction of sp³-hybridized carbons (Fsp3) is 0.769. The number of carbonyl (C=O) groups excluding carboxylic acids is 2. The SMILES string of the molecule is C#C[C@@]1(C(CC)C(=O)OCC)CCC2C3CCC4=CC(=O)CCC4C3CC[C@@]21C. The van der Waals surface area contributed by atoms with Gasteiger partial charge in [0.2, 0.25) is 0 Å². The van der Waals surface area contributed by atoms with Crippen LogP contribution in [0.1, 0.15) is 78.6 Å². The molecule has 0 aromatic heterocycles. The number of esters is 1. The molecule has 0 spiro atoms. The first-order chi connectivity index (χ1) is 13.9. The first-order valence-corrected chi connectivity index (χ1v) is 11.8. The molecule has 7 atom stereocenters. The van der Waals surface area contributed by atoms with E-state index < -0.39 is 0 Å². The minimum atomic E-state index is -0.387. The van der Waals surface area contributed by atoms with Crippen molar-refractivity contribution in [3.63, 3.8) is 0 Å². The summed E-state index contributed by atoms with van der Waals surface area (Å²) >= 11 is 0. The Morgan fingerprint density at radius 3 is 2.69 bits per heavy atom. The van der Waals surface area contributed by atoms with Crippen LogP contribution < -0.4 is 0 Å². The molecule has 0 amide bonds. The molecule has 0 saturated heterocycles. The van der Waals surface area contributed by atoms with E-state index in [1.54, 1.807) is 0 Å². The molecule has 4 rings (SSSR count). The number of hydrogen-bond acceptors (Lipinski definition) is 3. The van der Waals surface area contributed by atoms with Gasteiger partial charge in [0, 0.05) is 6.42 Å². The first-order valence-electron chi connectivity index (χ1n) is 11.8. The minimum Gasteiger partial charge on any atom is -0.466 e. The Labute approximate surface area is 176 Å². The summed E-state index contributed by atoms with van der Waals surface area (Å²) in [6, 6.07) is 0. The van der Waals surface area contributed by atoms with E-state index in [0.717, 1.165) is 38.5 Å². The van der Waals surface area contributed by atoms with E-state index in [1.165, 1.54) is 18.4 Å². The van der Waals surface area contributed by atoms with Crippen molar-refractivity contribution in [3.05, 3.63) is 11.6 Å². The van der Waals surface area contributed by atoms with Crippen molar-refractivity contribution in [1.29, 1.82) is 0 Å². The fourth-order valence-corrected chi connectivity index (χ4v) is 8.13. The predicted octanol–water partition coefficient (Wildman–Crippen LogP) is 5.34. The largest absolute Gasteiger partial charge is 0.466 e. The van der Waals surface area contributed by atoms with Crippen molar-refractivity contribution in [3.8, 4) is 12.3 Å². The molecule has 5 unspecified atom stereocenters. The molecule has 0 aliphatic heterocycles. The summed E-state index contributed by atoms with van der Waals surface area (Å²) in [5, 5.41) is 0. The van der Waals surface area contributed by atoms with E-state index in [1.807, 2.05) is 13.0 Å². The van der Waals surface area contributed by atoms with Crippen molar-refractivity contribution in [1.82, 2.24) is 0 Å². The van der Waals surface area contributed by atoms with Crippen LogP contribution in [-0.2, 0) is 14.3 Å². The normalized spacial score (nSPS) is 42.0. The van der Waals surface area contributed by atoms with Gasteiger partial charge in [0.05, 0.1) is 17.9 Å². The number of hydrogen-bond donors (Lipinski definition) is 0. The lowest BCUT2D eigenvalue weighted by Gasteiger charge is -2.57. The van der Waals surface area contributed by atoms with Crippen LogP contribution in [0.5, 0.6) is 0 Å². The van der Waals surface area contributed by atoms with Crippen molar-refractivity contribution >= 4 is 11.8 Å². The zero-order valence-corrected chi connectivity index (χ0v) is 18.3. The molecule has 3 nitrogen and oxygen atoms in total.